The highest BCUT2D eigenvalue weighted by Gasteiger charge is 2.33. The Kier molecular flexibility index (Phi) is 7.87. The second-order valence-corrected chi connectivity index (χ2v) is 11.1. The number of nitriles is 1. The number of rotatable bonds is 6. The topological polar surface area (TPSA) is 72.6 Å². The van der Waals surface area contributed by atoms with Crippen molar-refractivity contribution in [2.24, 2.45) is 0 Å². The lowest BCUT2D eigenvalue weighted by Crippen LogP contribution is -2.48. The number of benzene rings is 2. The van der Waals surface area contributed by atoms with Gasteiger partial charge in [0.15, 0.2) is 0 Å². The van der Waals surface area contributed by atoms with E-state index in [1.807, 2.05) is 61.5 Å². The van der Waals surface area contributed by atoms with Crippen LogP contribution in [0.4, 0.5) is 11.5 Å². The van der Waals surface area contributed by atoms with Crippen LogP contribution in [0.25, 0.3) is 6.08 Å². The molecule has 2 saturated heterocycles. The van der Waals surface area contributed by atoms with Gasteiger partial charge in [0.2, 0.25) is 0 Å². The number of nitrogens with zero attached hydrogens (tertiary/aromatic N) is 5. The van der Waals surface area contributed by atoms with Crippen molar-refractivity contribution in [2.45, 2.75) is 26.9 Å². The molecule has 0 spiro atoms. The standard InChI is InChI=1S/C30H29N5O2S2/c1-3-34-27(33-16-14-32(15-17-33)23-12-8-5-9-13-23)24(21(2)25(19-31)28(34)36)18-26-29(37)35(30(38)39-26)20-22-10-6-4-7-11-22/h4-13,18H,3,14-17,20H2,1-2H3. The summed E-state index contributed by atoms with van der Waals surface area (Å²) in [6, 6.07) is 22.1. The van der Waals surface area contributed by atoms with Crippen molar-refractivity contribution in [3.8, 4) is 6.07 Å². The molecule has 0 N–H and O–H groups in total. The van der Waals surface area contributed by atoms with Gasteiger partial charge in [0, 0.05) is 44.0 Å². The Hall–Kier alpha value is -3.87. The first kappa shape index (κ1) is 26.7. The zero-order valence-corrected chi connectivity index (χ0v) is 23.6. The second-order valence-electron chi connectivity index (χ2n) is 9.46. The lowest BCUT2D eigenvalue weighted by molar-refractivity contribution is -0.122. The van der Waals surface area contributed by atoms with Crippen LogP contribution in [0.2, 0.25) is 0 Å². The van der Waals surface area contributed by atoms with Gasteiger partial charge in [-0.1, -0.05) is 72.5 Å². The maximum Gasteiger partial charge on any atom is 0.270 e. The van der Waals surface area contributed by atoms with E-state index in [1.165, 1.54) is 17.4 Å². The van der Waals surface area contributed by atoms with Gasteiger partial charge in [-0.15, -0.1) is 0 Å². The largest absolute Gasteiger partial charge is 0.368 e. The zero-order chi connectivity index (χ0) is 27.5. The van der Waals surface area contributed by atoms with Crippen molar-refractivity contribution < 1.29 is 4.79 Å². The van der Waals surface area contributed by atoms with Crippen molar-refractivity contribution in [3.05, 3.63) is 98.2 Å². The number of pyridine rings is 1. The first-order valence-electron chi connectivity index (χ1n) is 12.9. The summed E-state index contributed by atoms with van der Waals surface area (Å²) in [6.45, 7) is 7.50. The van der Waals surface area contributed by atoms with E-state index in [1.54, 1.807) is 16.4 Å². The molecule has 5 rings (SSSR count). The van der Waals surface area contributed by atoms with Crippen LogP contribution in [0.3, 0.4) is 0 Å². The minimum absolute atomic E-state index is 0.106. The lowest BCUT2D eigenvalue weighted by atomic mass is 10.0. The quantitative estimate of drug-likeness (QED) is 0.320. The summed E-state index contributed by atoms with van der Waals surface area (Å²) in [6.07, 6.45) is 1.82. The van der Waals surface area contributed by atoms with Gasteiger partial charge in [0.1, 0.15) is 21.8 Å². The van der Waals surface area contributed by atoms with Gasteiger partial charge >= 0.3 is 0 Å². The Bertz CT molecular complexity index is 1540. The maximum atomic E-state index is 13.5. The number of aromatic nitrogens is 1. The van der Waals surface area contributed by atoms with Crippen LogP contribution in [0, 0.1) is 18.3 Å². The minimum atomic E-state index is -0.299. The molecule has 0 bridgehead atoms. The summed E-state index contributed by atoms with van der Waals surface area (Å²) in [5.74, 6) is 0.584. The molecule has 1 amide bonds. The molecule has 0 saturated carbocycles. The maximum absolute atomic E-state index is 13.5. The molecule has 0 radical (unpaired) electrons. The number of anilines is 2. The van der Waals surface area contributed by atoms with Crippen LogP contribution in [-0.2, 0) is 17.9 Å². The summed E-state index contributed by atoms with van der Waals surface area (Å²) in [5.41, 5.74) is 3.28. The molecule has 39 heavy (non-hydrogen) atoms. The van der Waals surface area contributed by atoms with E-state index in [2.05, 4.69) is 28.0 Å². The van der Waals surface area contributed by atoms with Gasteiger partial charge in [-0.05, 0) is 43.2 Å². The Balaban J connectivity index is 1.53. The van der Waals surface area contributed by atoms with Crippen LogP contribution in [0.1, 0.15) is 29.2 Å². The third kappa shape index (κ3) is 5.22. The number of amides is 1. The molecule has 2 fully saturated rings. The minimum Gasteiger partial charge on any atom is -0.368 e. The summed E-state index contributed by atoms with van der Waals surface area (Å²) < 4.78 is 2.16. The van der Waals surface area contributed by atoms with Crippen molar-refractivity contribution in [2.75, 3.05) is 36.0 Å². The predicted octanol–water partition coefficient (Wildman–Crippen LogP) is 4.78. The van der Waals surface area contributed by atoms with Crippen molar-refractivity contribution in [3.63, 3.8) is 0 Å². The molecule has 9 heteroatoms. The third-order valence-corrected chi connectivity index (χ3v) is 8.57. The number of hydrogen-bond donors (Lipinski definition) is 0. The Morgan fingerprint density at radius 3 is 2.21 bits per heavy atom. The fourth-order valence-corrected chi connectivity index (χ4v) is 6.36. The average Bonchev–Trinajstić information content (AvgIpc) is 3.23. The van der Waals surface area contributed by atoms with Crippen molar-refractivity contribution in [1.82, 2.24) is 9.47 Å². The van der Waals surface area contributed by atoms with Crippen LogP contribution in [0.5, 0.6) is 0 Å². The molecular weight excluding hydrogens is 526 g/mol. The fraction of sp³-hybridized carbons (Fsp3) is 0.267. The lowest BCUT2D eigenvalue weighted by Gasteiger charge is -2.39. The second kappa shape index (κ2) is 11.5. The van der Waals surface area contributed by atoms with Crippen LogP contribution < -0.4 is 15.4 Å². The van der Waals surface area contributed by atoms with Gasteiger partial charge < -0.3 is 9.80 Å². The molecule has 2 aliphatic rings. The Morgan fingerprint density at radius 2 is 1.59 bits per heavy atom. The molecule has 1 aromatic heterocycles. The highest BCUT2D eigenvalue weighted by molar-refractivity contribution is 8.26. The number of thiocarbonyl (C=S) groups is 1. The molecule has 3 aromatic rings. The average molecular weight is 556 g/mol. The van der Waals surface area contributed by atoms with E-state index in [0.717, 1.165) is 30.0 Å². The fourth-order valence-electron chi connectivity index (χ4n) is 5.13. The number of thioether (sulfide) groups is 1. The summed E-state index contributed by atoms with van der Waals surface area (Å²) in [7, 11) is 0. The summed E-state index contributed by atoms with van der Waals surface area (Å²) in [5, 5.41) is 9.86. The molecule has 2 aliphatic heterocycles. The van der Waals surface area contributed by atoms with Crippen molar-refractivity contribution in [1.29, 1.82) is 5.26 Å². The monoisotopic (exact) mass is 555 g/mol. The number of carbonyl (C=O) groups is 1. The van der Waals surface area contributed by atoms with Gasteiger partial charge in [0.05, 0.1) is 11.4 Å². The van der Waals surface area contributed by atoms with E-state index in [-0.39, 0.29) is 17.0 Å². The zero-order valence-electron chi connectivity index (χ0n) is 22.0. The Labute approximate surface area is 237 Å². The smallest absolute Gasteiger partial charge is 0.270 e. The van der Waals surface area contributed by atoms with Crippen LogP contribution >= 0.6 is 24.0 Å². The van der Waals surface area contributed by atoms with Gasteiger partial charge in [-0.3, -0.25) is 19.1 Å². The van der Waals surface area contributed by atoms with E-state index in [9.17, 15) is 14.9 Å². The van der Waals surface area contributed by atoms with Gasteiger partial charge in [-0.2, -0.15) is 5.26 Å². The Morgan fingerprint density at radius 1 is 0.974 bits per heavy atom. The van der Waals surface area contributed by atoms with Crippen molar-refractivity contribution >= 4 is 51.8 Å². The predicted molar refractivity (Wildman–Crippen MR) is 162 cm³/mol. The molecule has 198 valence electrons. The molecule has 3 heterocycles. The molecule has 0 atom stereocenters. The number of piperazine rings is 1. The van der Waals surface area contributed by atoms with E-state index < -0.39 is 0 Å². The molecule has 2 aromatic carbocycles. The first-order chi connectivity index (χ1) is 18.9. The van der Waals surface area contributed by atoms with Gasteiger partial charge in [0.25, 0.3) is 11.5 Å². The molecule has 0 unspecified atom stereocenters. The summed E-state index contributed by atoms with van der Waals surface area (Å²) >= 11 is 6.84. The number of hydrogen-bond acceptors (Lipinski definition) is 7. The number of para-hydroxylation sites is 1. The van der Waals surface area contributed by atoms with Gasteiger partial charge in [-0.25, -0.2) is 0 Å². The molecule has 0 aliphatic carbocycles. The van der Waals surface area contributed by atoms with E-state index in [0.29, 0.717) is 41.0 Å². The highest BCUT2D eigenvalue weighted by atomic mass is 32.2. The number of carbonyl (C=O) groups excluding carboxylic acids is 1. The third-order valence-electron chi connectivity index (χ3n) is 7.20. The highest BCUT2D eigenvalue weighted by Crippen LogP contribution is 2.37. The molecular formula is C30H29N5O2S2. The summed E-state index contributed by atoms with van der Waals surface area (Å²) in [4.78, 5) is 33.5. The van der Waals surface area contributed by atoms with E-state index in [4.69, 9.17) is 12.2 Å². The van der Waals surface area contributed by atoms with E-state index >= 15 is 0 Å². The van der Waals surface area contributed by atoms with Crippen LogP contribution in [0.15, 0.2) is 70.4 Å². The van der Waals surface area contributed by atoms with Crippen LogP contribution in [-0.4, -0.2) is 45.9 Å². The first-order valence-corrected chi connectivity index (χ1v) is 14.2. The molecule has 7 nitrogen and oxygen atoms in total. The SMILES string of the molecule is CCn1c(N2CCN(c3ccccc3)CC2)c(C=C2SC(=S)N(Cc3ccccc3)C2=O)c(C)c(C#N)c1=O. The normalized spacial score (nSPS) is 16.7.